The Kier molecular flexibility index (Phi) is 5.91. The quantitative estimate of drug-likeness (QED) is 0.775. The lowest BCUT2D eigenvalue weighted by Gasteiger charge is -2.37. The number of anilines is 3. The van der Waals surface area contributed by atoms with Crippen molar-refractivity contribution in [3.05, 3.63) is 36.4 Å². The Morgan fingerprint density at radius 3 is 2.55 bits per heavy atom. The number of carbonyl (C=O) groups is 2. The van der Waals surface area contributed by atoms with Crippen LogP contribution in [-0.2, 0) is 9.59 Å². The molecule has 8 heteroatoms. The molecule has 0 aliphatic carbocycles. The Labute approximate surface area is 170 Å². The number of carbonyl (C=O) groups excluding carboxylic acids is 2. The van der Waals surface area contributed by atoms with Gasteiger partial charge in [0, 0.05) is 5.69 Å². The lowest BCUT2D eigenvalue weighted by atomic mass is 10.0. The number of benzene rings is 1. The van der Waals surface area contributed by atoms with Crippen LogP contribution in [0.1, 0.15) is 27.7 Å². The van der Waals surface area contributed by atoms with Crippen molar-refractivity contribution in [1.82, 2.24) is 4.98 Å². The molecule has 0 spiro atoms. The highest BCUT2D eigenvalue weighted by atomic mass is 16.5. The first kappa shape index (κ1) is 20.4. The molecule has 8 nitrogen and oxygen atoms in total. The molecule has 3 N–H and O–H groups in total. The monoisotopic (exact) mass is 398 g/mol. The van der Waals surface area contributed by atoms with Crippen molar-refractivity contribution in [2.45, 2.75) is 39.8 Å². The number of fused-ring (bicyclic) bond motifs is 1. The number of nitrogens with one attached hydrogen (secondary N) is 1. The molecule has 1 aliphatic rings. The zero-order valence-electron chi connectivity index (χ0n) is 17.0. The first-order valence-electron chi connectivity index (χ1n) is 9.61. The summed E-state index contributed by atoms with van der Waals surface area (Å²) in [4.78, 5) is 31.6. The SMILES string of the molecule is CCOc1ccc(NC(=O)C(C)N2C(=O)C(C(C)C)Oc3ccc(N)nc32)cc1. The van der Waals surface area contributed by atoms with Gasteiger partial charge in [-0.2, -0.15) is 0 Å². The molecule has 154 valence electrons. The summed E-state index contributed by atoms with van der Waals surface area (Å²) in [5, 5.41) is 2.83. The Morgan fingerprint density at radius 1 is 1.24 bits per heavy atom. The van der Waals surface area contributed by atoms with E-state index in [0.29, 0.717) is 18.0 Å². The maximum absolute atomic E-state index is 13.1. The third kappa shape index (κ3) is 4.26. The minimum atomic E-state index is -0.813. The molecule has 3 rings (SSSR count). The van der Waals surface area contributed by atoms with Gasteiger partial charge in [0.05, 0.1) is 6.61 Å². The fourth-order valence-corrected chi connectivity index (χ4v) is 3.10. The normalized spacial score (nSPS) is 16.8. The molecular weight excluding hydrogens is 372 g/mol. The van der Waals surface area contributed by atoms with Gasteiger partial charge in [0.2, 0.25) is 5.91 Å². The van der Waals surface area contributed by atoms with E-state index in [1.807, 2.05) is 20.8 Å². The second kappa shape index (κ2) is 8.38. The molecule has 2 heterocycles. The maximum atomic E-state index is 13.1. The highest BCUT2D eigenvalue weighted by Gasteiger charge is 2.41. The number of aromatic nitrogens is 1. The van der Waals surface area contributed by atoms with Crippen molar-refractivity contribution in [1.29, 1.82) is 0 Å². The molecule has 0 radical (unpaired) electrons. The van der Waals surface area contributed by atoms with Crippen LogP contribution in [0.3, 0.4) is 0 Å². The summed E-state index contributed by atoms with van der Waals surface area (Å²) in [6, 6.07) is 9.51. The van der Waals surface area contributed by atoms with Crippen LogP contribution >= 0.6 is 0 Å². The highest BCUT2D eigenvalue weighted by molar-refractivity contribution is 6.07. The first-order valence-corrected chi connectivity index (χ1v) is 9.61. The molecule has 1 aromatic heterocycles. The van der Waals surface area contributed by atoms with E-state index >= 15 is 0 Å². The predicted octanol–water partition coefficient (Wildman–Crippen LogP) is 2.84. The van der Waals surface area contributed by atoms with Crippen molar-refractivity contribution in [3.63, 3.8) is 0 Å². The number of pyridine rings is 1. The summed E-state index contributed by atoms with van der Waals surface area (Å²) < 4.78 is 11.2. The number of rotatable bonds is 6. The average molecular weight is 398 g/mol. The van der Waals surface area contributed by atoms with Crippen molar-refractivity contribution < 1.29 is 19.1 Å². The van der Waals surface area contributed by atoms with Gasteiger partial charge in [0.25, 0.3) is 5.91 Å². The molecule has 2 unspecified atom stereocenters. The third-order valence-corrected chi connectivity index (χ3v) is 4.63. The van der Waals surface area contributed by atoms with E-state index in [0.717, 1.165) is 5.75 Å². The van der Waals surface area contributed by atoms with E-state index in [1.54, 1.807) is 43.3 Å². The van der Waals surface area contributed by atoms with Gasteiger partial charge in [-0.15, -0.1) is 0 Å². The van der Waals surface area contributed by atoms with Gasteiger partial charge in [-0.3, -0.25) is 14.5 Å². The van der Waals surface area contributed by atoms with E-state index < -0.39 is 12.1 Å². The molecule has 1 aromatic carbocycles. The molecule has 0 fully saturated rings. The molecule has 0 bridgehead atoms. The minimum absolute atomic E-state index is 0.0722. The number of hydrogen-bond donors (Lipinski definition) is 2. The van der Waals surface area contributed by atoms with Crippen molar-refractivity contribution >= 4 is 29.1 Å². The molecule has 1 aliphatic heterocycles. The Morgan fingerprint density at radius 2 is 1.93 bits per heavy atom. The zero-order chi connectivity index (χ0) is 21.1. The Hall–Kier alpha value is -3.29. The molecule has 2 atom stereocenters. The first-order chi connectivity index (χ1) is 13.8. The van der Waals surface area contributed by atoms with Gasteiger partial charge in [-0.1, -0.05) is 13.8 Å². The molecule has 2 aromatic rings. The fraction of sp³-hybridized carbons (Fsp3) is 0.381. The van der Waals surface area contributed by atoms with Crippen molar-refractivity contribution in [2.75, 3.05) is 22.6 Å². The van der Waals surface area contributed by atoms with E-state index in [1.165, 1.54) is 4.90 Å². The van der Waals surface area contributed by atoms with Crippen LogP contribution < -0.4 is 25.4 Å². The lowest BCUT2D eigenvalue weighted by Crippen LogP contribution is -2.55. The summed E-state index contributed by atoms with van der Waals surface area (Å²) in [6.07, 6.45) is -0.700. The second-order valence-electron chi connectivity index (χ2n) is 7.17. The molecule has 2 amide bonds. The van der Waals surface area contributed by atoms with Crippen molar-refractivity contribution in [2.24, 2.45) is 5.92 Å². The summed E-state index contributed by atoms with van der Waals surface area (Å²) in [6.45, 7) is 7.90. The fourth-order valence-electron chi connectivity index (χ4n) is 3.10. The second-order valence-corrected chi connectivity index (χ2v) is 7.17. The maximum Gasteiger partial charge on any atom is 0.270 e. The third-order valence-electron chi connectivity index (χ3n) is 4.63. The summed E-state index contributed by atoms with van der Waals surface area (Å²) in [5.74, 6) is 0.904. The van der Waals surface area contributed by atoms with Crippen LogP contribution in [0.2, 0.25) is 0 Å². The van der Waals surface area contributed by atoms with Gasteiger partial charge in [-0.05, 0) is 56.2 Å². The minimum Gasteiger partial charge on any atom is -0.494 e. The number of nitrogens with two attached hydrogens (primary N) is 1. The molecule has 0 saturated carbocycles. The summed E-state index contributed by atoms with van der Waals surface area (Å²) in [5.41, 5.74) is 6.41. The summed E-state index contributed by atoms with van der Waals surface area (Å²) >= 11 is 0. The van der Waals surface area contributed by atoms with Gasteiger partial charge >= 0.3 is 0 Å². The summed E-state index contributed by atoms with van der Waals surface area (Å²) in [7, 11) is 0. The Balaban J connectivity index is 1.85. The highest BCUT2D eigenvalue weighted by Crippen LogP contribution is 2.36. The van der Waals surface area contributed by atoms with E-state index in [9.17, 15) is 9.59 Å². The van der Waals surface area contributed by atoms with E-state index in [2.05, 4.69) is 10.3 Å². The van der Waals surface area contributed by atoms with Gasteiger partial charge in [-0.25, -0.2) is 4.98 Å². The van der Waals surface area contributed by atoms with Gasteiger partial charge in [0.15, 0.2) is 17.7 Å². The van der Waals surface area contributed by atoms with Crippen LogP contribution in [-0.4, -0.2) is 35.6 Å². The topological polar surface area (TPSA) is 107 Å². The Bertz CT molecular complexity index is 898. The standard InChI is InChI=1S/C21H26N4O4/c1-5-28-15-8-6-14(7-9-15)23-20(26)13(4)25-19-16(10-11-17(22)24-19)29-18(12(2)3)21(25)27/h6-13,18H,5H2,1-4H3,(H2,22,24)(H,23,26). The number of ether oxygens (including phenoxy) is 2. The zero-order valence-corrected chi connectivity index (χ0v) is 17.0. The molecular formula is C21H26N4O4. The molecule has 29 heavy (non-hydrogen) atoms. The predicted molar refractivity (Wildman–Crippen MR) is 111 cm³/mol. The largest absolute Gasteiger partial charge is 0.494 e. The average Bonchev–Trinajstić information content (AvgIpc) is 2.68. The molecule has 0 saturated heterocycles. The van der Waals surface area contributed by atoms with E-state index in [-0.39, 0.29) is 29.4 Å². The number of nitrogens with zero attached hydrogens (tertiary/aromatic N) is 2. The van der Waals surface area contributed by atoms with Crippen LogP contribution in [0.15, 0.2) is 36.4 Å². The number of nitrogen functional groups attached to an aromatic ring is 1. The number of hydrogen-bond acceptors (Lipinski definition) is 6. The smallest absolute Gasteiger partial charge is 0.270 e. The van der Waals surface area contributed by atoms with Gasteiger partial charge in [0.1, 0.15) is 17.6 Å². The van der Waals surface area contributed by atoms with E-state index in [4.69, 9.17) is 15.2 Å². The van der Waals surface area contributed by atoms with Crippen LogP contribution in [0.25, 0.3) is 0 Å². The van der Waals surface area contributed by atoms with Crippen LogP contribution in [0.4, 0.5) is 17.3 Å². The number of amides is 2. The van der Waals surface area contributed by atoms with Crippen molar-refractivity contribution in [3.8, 4) is 11.5 Å². The van der Waals surface area contributed by atoms with Crippen LogP contribution in [0.5, 0.6) is 11.5 Å². The van der Waals surface area contributed by atoms with Gasteiger partial charge < -0.3 is 20.5 Å². The van der Waals surface area contributed by atoms with Crippen LogP contribution in [0, 0.1) is 5.92 Å². The lowest BCUT2D eigenvalue weighted by molar-refractivity contribution is -0.130.